The van der Waals surface area contributed by atoms with E-state index in [1.807, 2.05) is 26.8 Å². The average molecular weight is 327 g/mol. The first kappa shape index (κ1) is 17.5. The molecule has 0 heterocycles. The number of carbonyl (C=O) groups excluding carboxylic acids is 2. The van der Waals surface area contributed by atoms with E-state index >= 15 is 0 Å². The Labute approximate surface area is 141 Å². The summed E-state index contributed by atoms with van der Waals surface area (Å²) in [7, 11) is 1.34. The van der Waals surface area contributed by atoms with Crippen molar-refractivity contribution in [3.05, 3.63) is 59.7 Å². The lowest BCUT2D eigenvalue weighted by Crippen LogP contribution is -2.23. The summed E-state index contributed by atoms with van der Waals surface area (Å²) in [6.45, 7) is 5.47. The quantitative estimate of drug-likeness (QED) is 0.854. The van der Waals surface area contributed by atoms with Crippen LogP contribution in [0.15, 0.2) is 48.5 Å². The Balaban J connectivity index is 2.16. The Morgan fingerprint density at radius 3 is 2.12 bits per heavy atom. The van der Waals surface area contributed by atoms with Crippen LogP contribution in [0.4, 0.5) is 11.4 Å². The molecule has 2 aromatic rings. The van der Waals surface area contributed by atoms with Gasteiger partial charge in [-0.25, -0.2) is 9.59 Å². The van der Waals surface area contributed by atoms with Crippen LogP contribution in [0.25, 0.3) is 0 Å². The molecule has 0 radical (unpaired) electrons. The first-order valence-electron chi connectivity index (χ1n) is 7.58. The van der Waals surface area contributed by atoms with E-state index in [1.54, 1.807) is 42.5 Å². The smallest absolute Gasteiger partial charge is 0.339 e. The van der Waals surface area contributed by atoms with Gasteiger partial charge in [-0.05, 0) is 57.2 Å². The molecule has 0 amide bonds. The monoisotopic (exact) mass is 327 g/mol. The maximum atomic E-state index is 12.0. The van der Waals surface area contributed by atoms with Gasteiger partial charge in [0.25, 0.3) is 0 Å². The van der Waals surface area contributed by atoms with Gasteiger partial charge in [-0.2, -0.15) is 0 Å². The molecule has 0 saturated carbocycles. The third-order valence-electron chi connectivity index (χ3n) is 3.13. The predicted molar refractivity (Wildman–Crippen MR) is 92.7 cm³/mol. The third kappa shape index (κ3) is 4.59. The molecule has 0 aliphatic heterocycles. The highest BCUT2D eigenvalue weighted by Gasteiger charge is 2.17. The van der Waals surface area contributed by atoms with Crippen molar-refractivity contribution in [1.29, 1.82) is 0 Å². The standard InChI is InChI=1S/C19H21NO4/c1-19(2,3)24-17(21)13-9-11-14(12-10-13)20-16-8-6-5-7-15(16)18(22)23-4/h5-12,20H,1-4H3. The van der Waals surface area contributed by atoms with Gasteiger partial charge in [-0.1, -0.05) is 12.1 Å². The number of para-hydroxylation sites is 1. The fraction of sp³-hybridized carbons (Fsp3) is 0.263. The van der Waals surface area contributed by atoms with Gasteiger partial charge in [0, 0.05) is 5.69 Å². The summed E-state index contributed by atoms with van der Waals surface area (Å²) in [6.07, 6.45) is 0. The summed E-state index contributed by atoms with van der Waals surface area (Å²) in [5, 5.41) is 3.15. The van der Waals surface area contributed by atoms with E-state index in [4.69, 9.17) is 9.47 Å². The van der Waals surface area contributed by atoms with Gasteiger partial charge in [0.1, 0.15) is 5.60 Å². The fourth-order valence-corrected chi connectivity index (χ4v) is 2.06. The minimum Gasteiger partial charge on any atom is -0.465 e. The summed E-state index contributed by atoms with van der Waals surface area (Å²) >= 11 is 0. The lowest BCUT2D eigenvalue weighted by atomic mass is 10.1. The number of methoxy groups -OCH3 is 1. The highest BCUT2D eigenvalue weighted by Crippen LogP contribution is 2.22. The Hall–Kier alpha value is -2.82. The zero-order valence-electron chi connectivity index (χ0n) is 14.3. The third-order valence-corrected chi connectivity index (χ3v) is 3.13. The van der Waals surface area contributed by atoms with Crippen LogP contribution in [0.5, 0.6) is 0 Å². The van der Waals surface area contributed by atoms with Gasteiger partial charge in [0.15, 0.2) is 0 Å². The highest BCUT2D eigenvalue weighted by molar-refractivity contribution is 5.96. The zero-order valence-corrected chi connectivity index (χ0v) is 14.3. The highest BCUT2D eigenvalue weighted by atomic mass is 16.6. The van der Waals surface area contributed by atoms with E-state index in [-0.39, 0.29) is 5.97 Å². The van der Waals surface area contributed by atoms with Crippen molar-refractivity contribution in [1.82, 2.24) is 0 Å². The molecule has 5 heteroatoms. The van der Waals surface area contributed by atoms with Crippen LogP contribution in [0.2, 0.25) is 0 Å². The first-order chi connectivity index (χ1) is 11.3. The van der Waals surface area contributed by atoms with Gasteiger partial charge in [0.05, 0.1) is 23.9 Å². The summed E-state index contributed by atoms with van der Waals surface area (Å²) in [5.41, 5.74) is 1.76. The molecule has 0 spiro atoms. The summed E-state index contributed by atoms with van der Waals surface area (Å²) < 4.78 is 10.1. The molecule has 0 aliphatic rings. The van der Waals surface area contributed by atoms with E-state index in [0.29, 0.717) is 16.8 Å². The van der Waals surface area contributed by atoms with Crippen molar-refractivity contribution in [3.8, 4) is 0 Å². The molecule has 5 nitrogen and oxygen atoms in total. The van der Waals surface area contributed by atoms with E-state index in [0.717, 1.165) is 5.69 Å². The van der Waals surface area contributed by atoms with Gasteiger partial charge >= 0.3 is 11.9 Å². The van der Waals surface area contributed by atoms with Crippen LogP contribution in [-0.4, -0.2) is 24.6 Å². The molecule has 0 unspecified atom stereocenters. The predicted octanol–water partition coefficient (Wildman–Crippen LogP) is 4.17. The Morgan fingerprint density at radius 2 is 1.54 bits per heavy atom. The van der Waals surface area contributed by atoms with Crippen molar-refractivity contribution in [2.45, 2.75) is 26.4 Å². The van der Waals surface area contributed by atoms with Gasteiger partial charge < -0.3 is 14.8 Å². The Morgan fingerprint density at radius 1 is 0.917 bits per heavy atom. The van der Waals surface area contributed by atoms with Crippen LogP contribution in [0.3, 0.4) is 0 Å². The molecular formula is C19H21NO4. The minimum atomic E-state index is -0.534. The van der Waals surface area contributed by atoms with E-state index in [1.165, 1.54) is 7.11 Å². The van der Waals surface area contributed by atoms with Crippen molar-refractivity contribution < 1.29 is 19.1 Å². The number of rotatable bonds is 4. The molecule has 126 valence electrons. The van der Waals surface area contributed by atoms with Crippen LogP contribution < -0.4 is 5.32 Å². The van der Waals surface area contributed by atoms with Crippen LogP contribution in [0.1, 0.15) is 41.5 Å². The number of benzene rings is 2. The number of anilines is 2. The number of hydrogen-bond donors (Lipinski definition) is 1. The number of ether oxygens (including phenoxy) is 2. The molecule has 0 bridgehead atoms. The van der Waals surface area contributed by atoms with Crippen molar-refractivity contribution in [3.63, 3.8) is 0 Å². The van der Waals surface area contributed by atoms with Crippen LogP contribution >= 0.6 is 0 Å². The fourth-order valence-electron chi connectivity index (χ4n) is 2.06. The maximum absolute atomic E-state index is 12.0. The maximum Gasteiger partial charge on any atom is 0.339 e. The summed E-state index contributed by atoms with van der Waals surface area (Å²) in [5.74, 6) is -0.785. The van der Waals surface area contributed by atoms with Gasteiger partial charge in [0.2, 0.25) is 0 Å². The number of carbonyl (C=O) groups is 2. The van der Waals surface area contributed by atoms with Gasteiger partial charge in [-0.15, -0.1) is 0 Å². The second-order valence-electron chi connectivity index (χ2n) is 6.24. The molecule has 2 rings (SSSR count). The molecule has 0 atom stereocenters. The molecule has 0 aromatic heterocycles. The molecule has 0 fully saturated rings. The van der Waals surface area contributed by atoms with Crippen molar-refractivity contribution in [2.24, 2.45) is 0 Å². The second kappa shape index (κ2) is 7.17. The Kier molecular flexibility index (Phi) is 5.24. The molecule has 24 heavy (non-hydrogen) atoms. The van der Waals surface area contributed by atoms with E-state index in [2.05, 4.69) is 5.32 Å². The minimum absolute atomic E-state index is 0.371. The topological polar surface area (TPSA) is 64.6 Å². The van der Waals surface area contributed by atoms with Crippen LogP contribution in [-0.2, 0) is 9.47 Å². The first-order valence-corrected chi connectivity index (χ1v) is 7.58. The lowest BCUT2D eigenvalue weighted by Gasteiger charge is -2.19. The van der Waals surface area contributed by atoms with E-state index < -0.39 is 11.6 Å². The Bertz CT molecular complexity index is 730. The largest absolute Gasteiger partial charge is 0.465 e. The van der Waals surface area contributed by atoms with Crippen molar-refractivity contribution >= 4 is 23.3 Å². The van der Waals surface area contributed by atoms with Crippen LogP contribution in [0, 0.1) is 0 Å². The number of esters is 2. The SMILES string of the molecule is COC(=O)c1ccccc1Nc1ccc(C(=O)OC(C)(C)C)cc1. The number of hydrogen-bond acceptors (Lipinski definition) is 5. The second-order valence-corrected chi connectivity index (χ2v) is 6.24. The summed E-state index contributed by atoms with van der Waals surface area (Å²) in [4.78, 5) is 23.8. The lowest BCUT2D eigenvalue weighted by molar-refractivity contribution is 0.00694. The zero-order chi connectivity index (χ0) is 17.7. The number of nitrogens with one attached hydrogen (secondary N) is 1. The molecule has 2 aromatic carbocycles. The normalized spacial score (nSPS) is 10.8. The molecule has 0 aliphatic carbocycles. The molecular weight excluding hydrogens is 306 g/mol. The van der Waals surface area contributed by atoms with Crippen molar-refractivity contribution in [2.75, 3.05) is 12.4 Å². The average Bonchev–Trinajstić information content (AvgIpc) is 2.53. The van der Waals surface area contributed by atoms with E-state index in [9.17, 15) is 9.59 Å². The molecule has 0 saturated heterocycles. The summed E-state index contributed by atoms with van der Waals surface area (Å²) in [6, 6.07) is 13.9. The molecule has 1 N–H and O–H groups in total. The van der Waals surface area contributed by atoms with Gasteiger partial charge in [-0.3, -0.25) is 0 Å².